The van der Waals surface area contributed by atoms with Crippen LogP contribution < -0.4 is 10.6 Å². The summed E-state index contributed by atoms with van der Waals surface area (Å²) in [7, 11) is 0. The van der Waals surface area contributed by atoms with E-state index in [0.717, 1.165) is 37.7 Å². The van der Waals surface area contributed by atoms with Crippen molar-refractivity contribution >= 4 is 16.7 Å². The monoisotopic (exact) mass is 323 g/mol. The quantitative estimate of drug-likeness (QED) is 0.691. The third-order valence-corrected chi connectivity index (χ3v) is 5.04. The highest BCUT2D eigenvalue weighted by atomic mass is 15.3. The molecule has 1 aromatic carbocycles. The Labute approximate surface area is 142 Å². The lowest BCUT2D eigenvalue weighted by Crippen LogP contribution is -2.35. The zero-order chi connectivity index (χ0) is 16.7. The summed E-state index contributed by atoms with van der Waals surface area (Å²) in [5, 5.41) is 13.0. The number of nitrogens with one attached hydrogen (secondary N) is 3. The van der Waals surface area contributed by atoms with Crippen LogP contribution in [0.15, 0.2) is 24.3 Å². The van der Waals surface area contributed by atoms with Gasteiger partial charge >= 0.3 is 0 Å². The van der Waals surface area contributed by atoms with Gasteiger partial charge in [0.15, 0.2) is 0 Å². The van der Waals surface area contributed by atoms with Crippen molar-refractivity contribution in [2.24, 2.45) is 5.92 Å². The van der Waals surface area contributed by atoms with E-state index in [1.165, 1.54) is 27.7 Å². The van der Waals surface area contributed by atoms with Crippen molar-refractivity contribution in [3.05, 3.63) is 46.8 Å². The van der Waals surface area contributed by atoms with Crippen molar-refractivity contribution in [3.63, 3.8) is 0 Å². The molecule has 3 N–H and O–H groups in total. The lowest BCUT2D eigenvalue weighted by Gasteiger charge is -2.25. The van der Waals surface area contributed by atoms with E-state index in [0.29, 0.717) is 5.92 Å². The van der Waals surface area contributed by atoms with Crippen molar-refractivity contribution < 1.29 is 0 Å². The molecule has 0 spiro atoms. The van der Waals surface area contributed by atoms with Crippen LogP contribution in [0.5, 0.6) is 0 Å². The third kappa shape index (κ3) is 2.80. The zero-order valence-electron chi connectivity index (χ0n) is 14.6. The first-order valence-corrected chi connectivity index (χ1v) is 8.67. The number of aromatic nitrogens is 3. The number of anilines is 1. The van der Waals surface area contributed by atoms with Gasteiger partial charge in [0.05, 0.1) is 5.69 Å². The fraction of sp³-hybridized carbons (Fsp3) is 0.421. The molecule has 5 nitrogen and oxygen atoms in total. The number of aromatic amines is 1. The maximum Gasteiger partial charge on any atom is 0.124 e. The third-order valence-electron chi connectivity index (χ3n) is 5.04. The minimum atomic E-state index is 0.566. The highest BCUT2D eigenvalue weighted by Crippen LogP contribution is 2.22. The second kappa shape index (κ2) is 5.98. The molecule has 0 saturated carbocycles. The van der Waals surface area contributed by atoms with E-state index in [1.54, 1.807) is 0 Å². The van der Waals surface area contributed by atoms with Crippen LogP contribution in [0.2, 0.25) is 0 Å². The van der Waals surface area contributed by atoms with Gasteiger partial charge in [0.1, 0.15) is 5.82 Å². The first kappa shape index (κ1) is 15.3. The van der Waals surface area contributed by atoms with E-state index in [9.17, 15) is 0 Å². The van der Waals surface area contributed by atoms with Crippen LogP contribution in [0.1, 0.15) is 22.5 Å². The minimum Gasteiger partial charge on any atom is -0.370 e. The van der Waals surface area contributed by atoms with Crippen molar-refractivity contribution in [2.75, 3.05) is 18.4 Å². The predicted octanol–water partition coefficient (Wildman–Crippen LogP) is 3.12. The van der Waals surface area contributed by atoms with Crippen LogP contribution in [-0.4, -0.2) is 27.9 Å². The molecular formula is C19H25N5. The molecule has 0 fully saturated rings. The average molecular weight is 323 g/mol. The molecule has 0 saturated heterocycles. The van der Waals surface area contributed by atoms with E-state index in [4.69, 9.17) is 0 Å². The van der Waals surface area contributed by atoms with Gasteiger partial charge in [0.2, 0.25) is 0 Å². The van der Waals surface area contributed by atoms with Gasteiger partial charge in [-0.05, 0) is 44.0 Å². The topological polar surface area (TPSA) is 57.7 Å². The molecule has 3 aromatic rings. The van der Waals surface area contributed by atoms with E-state index in [2.05, 4.69) is 63.5 Å². The summed E-state index contributed by atoms with van der Waals surface area (Å²) < 4.78 is 2.09. The van der Waals surface area contributed by atoms with Gasteiger partial charge in [-0.25, -0.2) is 4.68 Å². The number of rotatable bonds is 4. The van der Waals surface area contributed by atoms with E-state index in [1.807, 2.05) is 6.92 Å². The van der Waals surface area contributed by atoms with Crippen molar-refractivity contribution in [2.45, 2.75) is 33.9 Å². The Morgan fingerprint density at radius 1 is 1.25 bits per heavy atom. The first-order valence-electron chi connectivity index (χ1n) is 8.67. The Morgan fingerprint density at radius 2 is 2.12 bits per heavy atom. The Morgan fingerprint density at radius 3 is 3.00 bits per heavy atom. The van der Waals surface area contributed by atoms with Crippen molar-refractivity contribution in [1.82, 2.24) is 20.1 Å². The fourth-order valence-corrected chi connectivity index (χ4v) is 3.56. The normalized spacial score (nSPS) is 17.0. The summed E-state index contributed by atoms with van der Waals surface area (Å²) in [5.41, 5.74) is 6.26. The molecule has 0 unspecified atom stereocenters. The van der Waals surface area contributed by atoms with E-state index in [-0.39, 0.29) is 0 Å². The Bertz CT molecular complexity index is 873. The highest BCUT2D eigenvalue weighted by molar-refractivity contribution is 5.84. The summed E-state index contributed by atoms with van der Waals surface area (Å²) in [4.78, 5) is 3.43. The molecule has 0 amide bonds. The molecule has 2 aromatic heterocycles. The van der Waals surface area contributed by atoms with Crippen LogP contribution in [0.25, 0.3) is 10.9 Å². The molecule has 0 bridgehead atoms. The maximum absolute atomic E-state index is 4.54. The molecule has 5 heteroatoms. The molecule has 3 heterocycles. The summed E-state index contributed by atoms with van der Waals surface area (Å²) in [6.07, 6.45) is 0. The number of fused-ring (bicyclic) bond motifs is 2. The molecule has 0 aliphatic carbocycles. The van der Waals surface area contributed by atoms with E-state index < -0.39 is 0 Å². The van der Waals surface area contributed by atoms with Crippen molar-refractivity contribution in [3.8, 4) is 0 Å². The molecule has 1 aliphatic heterocycles. The fourth-order valence-electron chi connectivity index (χ4n) is 3.56. The molecule has 24 heavy (non-hydrogen) atoms. The number of hydrogen-bond donors (Lipinski definition) is 3. The average Bonchev–Trinajstić information content (AvgIpc) is 3.07. The van der Waals surface area contributed by atoms with Crippen LogP contribution in [-0.2, 0) is 13.1 Å². The number of hydrogen-bond acceptors (Lipinski definition) is 3. The summed E-state index contributed by atoms with van der Waals surface area (Å²) in [5.74, 6) is 1.71. The smallest absolute Gasteiger partial charge is 0.124 e. The van der Waals surface area contributed by atoms with Gasteiger partial charge in [0, 0.05) is 54.8 Å². The second-order valence-electron chi connectivity index (χ2n) is 6.99. The number of aryl methyl sites for hydroxylation is 3. The summed E-state index contributed by atoms with van der Waals surface area (Å²) in [6, 6.07) is 8.81. The Hall–Kier alpha value is -2.27. The lowest BCUT2D eigenvalue weighted by molar-refractivity contribution is 0.390. The van der Waals surface area contributed by atoms with Gasteiger partial charge in [-0.15, -0.1) is 0 Å². The van der Waals surface area contributed by atoms with Crippen LogP contribution in [0.3, 0.4) is 0 Å². The number of nitrogens with zero attached hydrogens (tertiary/aromatic N) is 2. The Kier molecular flexibility index (Phi) is 3.81. The molecular weight excluding hydrogens is 298 g/mol. The van der Waals surface area contributed by atoms with Gasteiger partial charge in [0.25, 0.3) is 0 Å². The first-order chi connectivity index (χ1) is 11.6. The highest BCUT2D eigenvalue weighted by Gasteiger charge is 2.18. The van der Waals surface area contributed by atoms with Crippen LogP contribution in [0.4, 0.5) is 5.82 Å². The van der Waals surface area contributed by atoms with Gasteiger partial charge in [-0.1, -0.05) is 6.07 Å². The molecule has 0 radical (unpaired) electrons. The van der Waals surface area contributed by atoms with Crippen LogP contribution in [0, 0.1) is 26.7 Å². The number of H-pyrrole nitrogens is 1. The predicted molar refractivity (Wildman–Crippen MR) is 98.4 cm³/mol. The minimum absolute atomic E-state index is 0.566. The van der Waals surface area contributed by atoms with Gasteiger partial charge in [-0.3, -0.25) is 0 Å². The molecule has 126 valence electrons. The molecule has 1 aliphatic rings. The largest absolute Gasteiger partial charge is 0.370 e. The van der Waals surface area contributed by atoms with Crippen molar-refractivity contribution in [1.29, 1.82) is 0 Å². The summed E-state index contributed by atoms with van der Waals surface area (Å²) >= 11 is 0. The maximum atomic E-state index is 4.54. The van der Waals surface area contributed by atoms with E-state index >= 15 is 0 Å². The standard InChI is InChI=1S/C19H25N5/c1-12-6-19-21-10-16(11-24(19)23-12)9-20-8-15-4-5-18-17(7-15)13(2)14(3)22-18/h4-7,16,20-22H,8-11H2,1-3H3/t16-/m1/s1. The SMILES string of the molecule is Cc1cc2n(n1)C[C@H](CNCc1ccc3[nH]c(C)c(C)c3c1)CN2. The second-order valence-corrected chi connectivity index (χ2v) is 6.99. The number of benzene rings is 1. The molecule has 1 atom stereocenters. The van der Waals surface area contributed by atoms with Crippen LogP contribution >= 0.6 is 0 Å². The lowest BCUT2D eigenvalue weighted by atomic mass is 10.1. The Balaban J connectivity index is 1.37. The zero-order valence-corrected chi connectivity index (χ0v) is 14.6. The summed E-state index contributed by atoms with van der Waals surface area (Å²) in [6.45, 7) is 10.2. The van der Waals surface area contributed by atoms with Gasteiger partial charge in [-0.2, -0.15) is 5.10 Å². The van der Waals surface area contributed by atoms with Gasteiger partial charge < -0.3 is 15.6 Å². The molecule has 4 rings (SSSR count).